The summed E-state index contributed by atoms with van der Waals surface area (Å²) in [7, 11) is 0. The fraction of sp³-hybridized carbons (Fsp3) is 0.238. The first-order valence-corrected chi connectivity index (χ1v) is 24.2. The monoisotopic (exact) mass is 872 g/mol. The van der Waals surface area contributed by atoms with Crippen LogP contribution in [0.15, 0.2) is 140 Å². The van der Waals surface area contributed by atoms with Crippen LogP contribution in [0.5, 0.6) is 0 Å². The van der Waals surface area contributed by atoms with Crippen molar-refractivity contribution in [2.45, 2.75) is 99.3 Å². The topological polar surface area (TPSA) is 11.4 Å². The number of anilines is 6. The lowest BCUT2D eigenvalue weighted by Crippen LogP contribution is -2.61. The number of nitrogens with zero attached hydrogens (tertiary/aromatic N) is 3. The first kappa shape index (κ1) is 42.8. The Balaban J connectivity index is 1.29. The van der Waals surface area contributed by atoms with Crippen LogP contribution in [-0.4, -0.2) is 11.3 Å². The van der Waals surface area contributed by atoms with Crippen molar-refractivity contribution < 1.29 is 0 Å². The van der Waals surface area contributed by atoms with Crippen LogP contribution in [0.2, 0.25) is 0 Å². The summed E-state index contributed by atoms with van der Waals surface area (Å²) in [5.41, 5.74) is 27.6. The molecule has 0 bridgehead atoms. The van der Waals surface area contributed by atoms with Crippen molar-refractivity contribution in [3.63, 3.8) is 0 Å². The summed E-state index contributed by atoms with van der Waals surface area (Å²) in [5, 5.41) is 1.22. The van der Waals surface area contributed by atoms with Crippen molar-refractivity contribution in [3.8, 4) is 16.8 Å². The molecule has 67 heavy (non-hydrogen) atoms. The standard InChI is InChI=1S/C63H62BN3/c1-14-21-47-48-36-52-56(37-55(48)65(53(47)15-2)43-22-17-16-18-23-43)66(44-27-28-46-45-24-19-20-25-49(45)63(12,13)50(46)35-44)57-30-38(3)31-58-59(57)64(52)51-34-41(61(6,7)8)26-29-54(51)67(58)60-39(4)32-42(33-40(60)5)62(9,10)11/h14-37H,2H2,1,3-13H3/b21-14-. The number of aromatic nitrogens is 1. The van der Waals surface area contributed by atoms with Gasteiger partial charge in [0.15, 0.2) is 0 Å². The highest BCUT2D eigenvalue weighted by molar-refractivity contribution is 7.00. The van der Waals surface area contributed by atoms with Gasteiger partial charge in [0.1, 0.15) is 0 Å². The minimum absolute atomic E-state index is 0.0289. The molecular formula is C63H62BN3. The molecule has 3 aliphatic rings. The number of allylic oxidation sites excluding steroid dienone is 1. The van der Waals surface area contributed by atoms with Gasteiger partial charge in [-0.05, 0) is 160 Å². The van der Waals surface area contributed by atoms with E-state index < -0.39 is 0 Å². The minimum Gasteiger partial charge on any atom is -0.311 e. The molecule has 332 valence electrons. The molecule has 1 aliphatic carbocycles. The van der Waals surface area contributed by atoms with Crippen LogP contribution in [-0.2, 0) is 16.2 Å². The Bertz CT molecular complexity index is 3400. The smallest absolute Gasteiger partial charge is 0.252 e. The Kier molecular flexibility index (Phi) is 9.50. The number of para-hydroxylation sites is 1. The molecule has 3 nitrogen and oxygen atoms in total. The third-order valence-corrected chi connectivity index (χ3v) is 15.2. The van der Waals surface area contributed by atoms with Crippen LogP contribution < -0.4 is 26.2 Å². The van der Waals surface area contributed by atoms with Gasteiger partial charge in [0.2, 0.25) is 0 Å². The van der Waals surface area contributed by atoms with E-state index in [0.717, 1.165) is 16.9 Å². The lowest BCUT2D eigenvalue weighted by molar-refractivity contribution is 0.589. The van der Waals surface area contributed by atoms with E-state index in [9.17, 15) is 0 Å². The molecule has 0 amide bonds. The predicted octanol–water partition coefficient (Wildman–Crippen LogP) is 15.2. The minimum atomic E-state index is -0.158. The second kappa shape index (κ2) is 14.9. The normalized spacial score (nSPS) is 14.6. The van der Waals surface area contributed by atoms with Gasteiger partial charge in [0.05, 0.1) is 16.9 Å². The zero-order valence-corrected chi connectivity index (χ0v) is 41.5. The molecule has 0 saturated heterocycles. The molecule has 0 N–H and O–H groups in total. The van der Waals surface area contributed by atoms with E-state index in [1.54, 1.807) is 0 Å². The van der Waals surface area contributed by atoms with Crippen molar-refractivity contribution in [2.24, 2.45) is 0 Å². The highest BCUT2D eigenvalue weighted by atomic mass is 15.2. The number of hydrogen-bond acceptors (Lipinski definition) is 2. The van der Waals surface area contributed by atoms with E-state index in [2.05, 4.69) is 244 Å². The first-order valence-electron chi connectivity index (χ1n) is 24.2. The Morgan fingerprint density at radius 1 is 0.582 bits per heavy atom. The Hall–Kier alpha value is -6.78. The number of hydrogen-bond donors (Lipinski definition) is 0. The maximum atomic E-state index is 4.43. The molecule has 0 fully saturated rings. The maximum absolute atomic E-state index is 4.43. The third kappa shape index (κ3) is 6.32. The second-order valence-electron chi connectivity index (χ2n) is 22.1. The molecule has 0 spiro atoms. The highest BCUT2D eigenvalue weighted by Crippen LogP contribution is 2.53. The third-order valence-electron chi connectivity index (χ3n) is 15.2. The first-order chi connectivity index (χ1) is 31.9. The fourth-order valence-electron chi connectivity index (χ4n) is 11.9. The van der Waals surface area contributed by atoms with Crippen molar-refractivity contribution in [1.29, 1.82) is 0 Å². The van der Waals surface area contributed by atoms with Gasteiger partial charge in [-0.1, -0.05) is 153 Å². The zero-order chi connectivity index (χ0) is 47.1. The van der Waals surface area contributed by atoms with E-state index in [0.29, 0.717) is 0 Å². The summed E-state index contributed by atoms with van der Waals surface area (Å²) in [6, 6.07) is 49.2. The summed E-state index contributed by atoms with van der Waals surface area (Å²) in [6.07, 6.45) is 6.48. The number of rotatable bonds is 5. The Morgan fingerprint density at radius 3 is 1.90 bits per heavy atom. The summed E-state index contributed by atoms with van der Waals surface area (Å²) in [4.78, 5) is 5.24. The van der Waals surface area contributed by atoms with Crippen LogP contribution >= 0.6 is 0 Å². The van der Waals surface area contributed by atoms with Crippen LogP contribution in [0.25, 0.3) is 39.9 Å². The predicted molar refractivity (Wildman–Crippen MR) is 291 cm³/mol. The van der Waals surface area contributed by atoms with Crippen LogP contribution in [0.1, 0.15) is 113 Å². The summed E-state index contributed by atoms with van der Waals surface area (Å²) < 4.78 is 2.41. The van der Waals surface area contributed by atoms with Gasteiger partial charge >= 0.3 is 0 Å². The average molecular weight is 872 g/mol. The lowest BCUT2D eigenvalue weighted by atomic mass is 9.33. The van der Waals surface area contributed by atoms with E-state index in [-0.39, 0.29) is 23.0 Å². The molecule has 0 radical (unpaired) electrons. The summed E-state index contributed by atoms with van der Waals surface area (Å²) >= 11 is 0. The summed E-state index contributed by atoms with van der Waals surface area (Å²) in [5.74, 6) is 0. The van der Waals surface area contributed by atoms with E-state index >= 15 is 0 Å². The molecule has 0 unspecified atom stereocenters. The van der Waals surface area contributed by atoms with Crippen molar-refractivity contribution in [1.82, 2.24) is 4.57 Å². The van der Waals surface area contributed by atoms with Crippen molar-refractivity contribution >= 4 is 80.3 Å². The fourth-order valence-corrected chi connectivity index (χ4v) is 11.9. The zero-order valence-electron chi connectivity index (χ0n) is 41.5. The SMILES string of the molecule is C=Cc1c(/C=C\C)c2cc3c(cc2n1-c1ccccc1)N(c1ccc2c(c1)C(C)(C)c1ccccc1-2)c1cc(C)cc2c1B3c1cc(C(C)(C)C)ccc1N2c1c(C)cc(C(C)(C)C)cc1C. The molecule has 1 aromatic heterocycles. The Morgan fingerprint density at radius 2 is 1.22 bits per heavy atom. The number of aryl methyl sites for hydroxylation is 3. The number of fused-ring (bicyclic) bond motifs is 8. The molecule has 3 heterocycles. The van der Waals surface area contributed by atoms with Crippen LogP contribution in [0, 0.1) is 20.8 Å². The molecule has 0 saturated carbocycles. The lowest BCUT2D eigenvalue weighted by Gasteiger charge is -2.45. The molecule has 7 aromatic carbocycles. The quantitative estimate of drug-likeness (QED) is 0.160. The highest BCUT2D eigenvalue weighted by Gasteiger charge is 2.46. The molecule has 8 aromatic rings. The van der Waals surface area contributed by atoms with Gasteiger partial charge in [-0.2, -0.15) is 0 Å². The van der Waals surface area contributed by atoms with Gasteiger partial charge in [-0.15, -0.1) is 0 Å². The Labute approximate surface area is 399 Å². The van der Waals surface area contributed by atoms with E-state index in [1.807, 2.05) is 6.08 Å². The van der Waals surface area contributed by atoms with Gasteiger partial charge < -0.3 is 14.4 Å². The largest absolute Gasteiger partial charge is 0.311 e. The van der Waals surface area contributed by atoms with Crippen molar-refractivity contribution in [2.75, 3.05) is 9.80 Å². The van der Waals surface area contributed by atoms with Gasteiger partial charge in [-0.25, -0.2) is 0 Å². The van der Waals surface area contributed by atoms with Gasteiger partial charge in [0, 0.05) is 50.5 Å². The van der Waals surface area contributed by atoms with Gasteiger partial charge in [-0.3, -0.25) is 0 Å². The number of benzene rings is 7. The van der Waals surface area contributed by atoms with E-state index in [1.165, 1.54) is 112 Å². The average Bonchev–Trinajstić information content (AvgIpc) is 3.71. The van der Waals surface area contributed by atoms with Crippen LogP contribution in [0.4, 0.5) is 34.1 Å². The van der Waals surface area contributed by atoms with Gasteiger partial charge in [0.25, 0.3) is 6.71 Å². The van der Waals surface area contributed by atoms with Crippen LogP contribution in [0.3, 0.4) is 0 Å². The second-order valence-corrected chi connectivity index (χ2v) is 22.1. The molecule has 4 heteroatoms. The molecule has 2 aliphatic heterocycles. The maximum Gasteiger partial charge on any atom is 0.252 e. The molecule has 0 atom stereocenters. The van der Waals surface area contributed by atoms with Crippen molar-refractivity contribution in [3.05, 3.63) is 190 Å². The molecular weight excluding hydrogens is 810 g/mol. The van der Waals surface area contributed by atoms with E-state index in [4.69, 9.17) is 0 Å². The molecule has 11 rings (SSSR count). The summed E-state index contributed by atoms with van der Waals surface area (Å²) in [6.45, 7) is 32.2.